The van der Waals surface area contributed by atoms with E-state index in [4.69, 9.17) is 14.5 Å². The van der Waals surface area contributed by atoms with Gasteiger partial charge >= 0.3 is 0 Å². The van der Waals surface area contributed by atoms with E-state index in [-0.39, 0.29) is 5.54 Å². The maximum atomic E-state index is 6.00. The number of benzene rings is 2. The van der Waals surface area contributed by atoms with E-state index in [0.717, 1.165) is 34.8 Å². The highest BCUT2D eigenvalue weighted by Crippen LogP contribution is 2.36. The Hall–Kier alpha value is -2.29. The van der Waals surface area contributed by atoms with E-state index in [0.29, 0.717) is 6.61 Å². The number of nitrogens with zero attached hydrogens (tertiary/aromatic N) is 1. The monoisotopic (exact) mass is 309 g/mol. The van der Waals surface area contributed by atoms with Crippen molar-refractivity contribution >= 4 is 5.71 Å². The number of rotatable bonds is 4. The molecule has 3 heteroatoms. The van der Waals surface area contributed by atoms with Crippen molar-refractivity contribution in [1.82, 2.24) is 0 Å². The van der Waals surface area contributed by atoms with Gasteiger partial charge in [0.15, 0.2) is 11.5 Å². The van der Waals surface area contributed by atoms with E-state index in [1.54, 1.807) is 7.11 Å². The highest BCUT2D eigenvalue weighted by atomic mass is 16.5. The molecule has 0 aromatic heterocycles. The van der Waals surface area contributed by atoms with E-state index in [1.807, 2.05) is 18.2 Å². The Morgan fingerprint density at radius 2 is 1.83 bits per heavy atom. The third-order valence-electron chi connectivity index (χ3n) is 4.11. The van der Waals surface area contributed by atoms with Gasteiger partial charge in [0.25, 0.3) is 0 Å². The van der Waals surface area contributed by atoms with Crippen LogP contribution in [-0.2, 0) is 13.0 Å². The predicted molar refractivity (Wildman–Crippen MR) is 93.8 cm³/mol. The lowest BCUT2D eigenvalue weighted by molar-refractivity contribution is 0.284. The van der Waals surface area contributed by atoms with Crippen molar-refractivity contribution in [3.8, 4) is 11.5 Å². The summed E-state index contributed by atoms with van der Waals surface area (Å²) < 4.78 is 11.5. The number of ether oxygens (including phenoxy) is 2. The zero-order valence-electron chi connectivity index (χ0n) is 14.2. The number of hydrogen-bond donors (Lipinski definition) is 0. The van der Waals surface area contributed by atoms with Crippen LogP contribution >= 0.6 is 0 Å². The Morgan fingerprint density at radius 3 is 2.52 bits per heavy atom. The smallest absolute Gasteiger partial charge is 0.162 e. The molecule has 1 aliphatic heterocycles. The maximum absolute atomic E-state index is 6.00. The molecule has 0 saturated carbocycles. The van der Waals surface area contributed by atoms with Crippen molar-refractivity contribution in [3.63, 3.8) is 0 Å². The fourth-order valence-electron chi connectivity index (χ4n) is 3.11. The van der Waals surface area contributed by atoms with Gasteiger partial charge in [-0.3, -0.25) is 4.99 Å². The molecule has 0 saturated heterocycles. The molecular weight excluding hydrogens is 286 g/mol. The second-order valence-corrected chi connectivity index (χ2v) is 6.62. The van der Waals surface area contributed by atoms with E-state index in [9.17, 15) is 0 Å². The summed E-state index contributed by atoms with van der Waals surface area (Å²) in [5.74, 6) is 1.55. The largest absolute Gasteiger partial charge is 0.493 e. The first kappa shape index (κ1) is 15.6. The van der Waals surface area contributed by atoms with Crippen LogP contribution in [0, 0.1) is 0 Å². The van der Waals surface area contributed by atoms with Gasteiger partial charge in [-0.15, -0.1) is 0 Å². The molecule has 0 fully saturated rings. The van der Waals surface area contributed by atoms with Crippen LogP contribution in [0.2, 0.25) is 0 Å². The Kier molecular flexibility index (Phi) is 4.12. The van der Waals surface area contributed by atoms with Gasteiger partial charge in [0.1, 0.15) is 6.61 Å². The van der Waals surface area contributed by atoms with Crippen LogP contribution < -0.4 is 9.47 Å². The minimum Gasteiger partial charge on any atom is -0.493 e. The highest BCUT2D eigenvalue weighted by molar-refractivity contribution is 6.01. The zero-order chi connectivity index (χ0) is 16.4. The van der Waals surface area contributed by atoms with Crippen LogP contribution in [0.3, 0.4) is 0 Å². The van der Waals surface area contributed by atoms with Crippen LogP contribution in [0.1, 0.15) is 37.5 Å². The van der Waals surface area contributed by atoms with Crippen LogP contribution in [-0.4, -0.2) is 18.4 Å². The lowest BCUT2D eigenvalue weighted by Crippen LogP contribution is -2.28. The molecule has 2 aromatic rings. The molecule has 23 heavy (non-hydrogen) atoms. The number of fused-ring (bicyclic) bond motifs is 1. The van der Waals surface area contributed by atoms with Gasteiger partial charge in [-0.25, -0.2) is 0 Å². The Bertz CT molecular complexity index is 733. The number of hydrogen-bond acceptors (Lipinski definition) is 3. The van der Waals surface area contributed by atoms with Gasteiger partial charge < -0.3 is 9.47 Å². The molecule has 0 atom stereocenters. The van der Waals surface area contributed by atoms with E-state index in [2.05, 4.69) is 45.0 Å². The highest BCUT2D eigenvalue weighted by Gasteiger charge is 2.26. The minimum atomic E-state index is -0.0610. The minimum absolute atomic E-state index is 0.0610. The third-order valence-corrected chi connectivity index (χ3v) is 4.11. The van der Waals surface area contributed by atoms with Crippen molar-refractivity contribution in [2.45, 2.75) is 39.3 Å². The molecule has 3 rings (SSSR count). The molecule has 0 bridgehead atoms. The summed E-state index contributed by atoms with van der Waals surface area (Å²) in [5, 5.41) is 0. The first-order chi connectivity index (χ1) is 11.0. The summed E-state index contributed by atoms with van der Waals surface area (Å²) in [4.78, 5) is 4.79. The zero-order valence-corrected chi connectivity index (χ0v) is 14.2. The Morgan fingerprint density at radius 1 is 1.09 bits per heavy atom. The molecule has 0 radical (unpaired) electrons. The van der Waals surface area contributed by atoms with Crippen molar-refractivity contribution in [1.29, 1.82) is 0 Å². The van der Waals surface area contributed by atoms with Gasteiger partial charge in [-0.2, -0.15) is 0 Å². The van der Waals surface area contributed by atoms with Crippen molar-refractivity contribution in [2.75, 3.05) is 7.11 Å². The SMILES string of the molecule is COc1cc2c(cc1OCc1ccccc1)C(C)=NC(C)(C)C2. The quantitative estimate of drug-likeness (QED) is 0.837. The van der Waals surface area contributed by atoms with Gasteiger partial charge in [0.05, 0.1) is 12.6 Å². The molecular formula is C20H23NO2. The van der Waals surface area contributed by atoms with Crippen molar-refractivity contribution in [2.24, 2.45) is 4.99 Å². The topological polar surface area (TPSA) is 30.8 Å². The summed E-state index contributed by atoms with van der Waals surface area (Å²) >= 11 is 0. The van der Waals surface area contributed by atoms with Crippen LogP contribution in [0.5, 0.6) is 11.5 Å². The second-order valence-electron chi connectivity index (χ2n) is 6.62. The summed E-state index contributed by atoms with van der Waals surface area (Å²) in [6.07, 6.45) is 0.912. The Balaban J connectivity index is 1.91. The third kappa shape index (κ3) is 3.39. The van der Waals surface area contributed by atoms with Gasteiger partial charge in [-0.1, -0.05) is 30.3 Å². The average Bonchev–Trinajstić information content (AvgIpc) is 2.52. The summed E-state index contributed by atoms with van der Waals surface area (Å²) in [7, 11) is 1.69. The number of methoxy groups -OCH3 is 1. The molecule has 0 spiro atoms. The van der Waals surface area contributed by atoms with Crippen molar-refractivity contribution < 1.29 is 9.47 Å². The molecule has 0 unspecified atom stereocenters. The second kappa shape index (κ2) is 6.07. The predicted octanol–water partition coefficient (Wildman–Crippen LogP) is 4.42. The number of aliphatic imine (C=N–C) groups is 1. The molecule has 0 amide bonds. The average molecular weight is 309 g/mol. The van der Waals surface area contributed by atoms with Crippen molar-refractivity contribution in [3.05, 3.63) is 59.2 Å². The van der Waals surface area contributed by atoms with E-state index in [1.165, 1.54) is 5.56 Å². The molecule has 0 aliphatic carbocycles. The van der Waals surface area contributed by atoms with Gasteiger partial charge in [-0.05, 0) is 50.5 Å². The normalized spacial score (nSPS) is 15.6. The fourth-order valence-corrected chi connectivity index (χ4v) is 3.11. The molecule has 3 nitrogen and oxygen atoms in total. The van der Waals surface area contributed by atoms with E-state index >= 15 is 0 Å². The van der Waals surface area contributed by atoms with Gasteiger partial charge in [0.2, 0.25) is 0 Å². The summed E-state index contributed by atoms with van der Waals surface area (Å²) in [6.45, 7) is 6.91. The molecule has 0 N–H and O–H groups in total. The standard InChI is InChI=1S/C20H23NO2/c1-14-17-11-19(23-13-15-8-6-5-7-9-15)18(22-4)10-16(17)12-20(2,3)21-14/h5-11H,12-13H2,1-4H3. The summed E-state index contributed by atoms with van der Waals surface area (Å²) in [6, 6.07) is 14.3. The lowest BCUT2D eigenvalue weighted by atomic mass is 9.87. The molecule has 120 valence electrons. The first-order valence-corrected chi connectivity index (χ1v) is 7.93. The van der Waals surface area contributed by atoms with Crippen LogP contribution in [0.15, 0.2) is 47.5 Å². The fraction of sp³-hybridized carbons (Fsp3) is 0.350. The first-order valence-electron chi connectivity index (χ1n) is 7.93. The summed E-state index contributed by atoms with van der Waals surface area (Å²) in [5.41, 5.74) is 4.57. The van der Waals surface area contributed by atoms with Gasteiger partial charge in [0, 0.05) is 11.3 Å². The molecule has 2 aromatic carbocycles. The molecule has 1 aliphatic rings. The Labute approximate surface area is 138 Å². The molecule has 1 heterocycles. The lowest BCUT2D eigenvalue weighted by Gasteiger charge is -2.28. The van der Waals surface area contributed by atoms with Crippen LogP contribution in [0.25, 0.3) is 0 Å². The van der Waals surface area contributed by atoms with E-state index < -0.39 is 0 Å². The van der Waals surface area contributed by atoms with Crippen LogP contribution in [0.4, 0.5) is 0 Å². The maximum Gasteiger partial charge on any atom is 0.162 e.